The molecule has 0 aliphatic rings. The summed E-state index contributed by atoms with van der Waals surface area (Å²) in [6, 6.07) is 3.78. The molecule has 4 aromatic heterocycles. The smallest absolute Gasteiger partial charge is 0.273 e. The molecular formula is C18H22Br2N10OS2. The number of hydrogen-bond donors (Lipinski definition) is 2. The van der Waals surface area contributed by atoms with Crippen LogP contribution in [0.5, 0.6) is 0 Å². The van der Waals surface area contributed by atoms with Crippen LogP contribution < -0.4 is 11.1 Å². The first kappa shape index (κ1) is 27.0. The lowest BCUT2D eigenvalue weighted by Crippen LogP contribution is -2.23. The van der Waals surface area contributed by atoms with Gasteiger partial charge in [0, 0.05) is 12.2 Å². The number of nitrogens with one attached hydrogen (secondary N) is 1. The van der Waals surface area contributed by atoms with Crippen LogP contribution in [-0.4, -0.2) is 46.3 Å². The fourth-order valence-corrected chi connectivity index (χ4v) is 4.50. The number of amides is 1. The third-order valence-electron chi connectivity index (χ3n) is 3.63. The highest BCUT2D eigenvalue weighted by atomic mass is 79.9. The van der Waals surface area contributed by atoms with Crippen LogP contribution in [0.3, 0.4) is 0 Å². The van der Waals surface area contributed by atoms with E-state index in [1.54, 1.807) is 6.20 Å². The summed E-state index contributed by atoms with van der Waals surface area (Å²) in [5.41, 5.74) is 8.01. The van der Waals surface area contributed by atoms with Gasteiger partial charge in [-0.25, -0.2) is 4.68 Å². The average molecular weight is 618 g/mol. The van der Waals surface area contributed by atoms with Gasteiger partial charge in [-0.3, -0.25) is 9.78 Å². The van der Waals surface area contributed by atoms with Crippen LogP contribution >= 0.6 is 54.5 Å². The molecule has 0 saturated carbocycles. The predicted octanol–water partition coefficient (Wildman–Crippen LogP) is 3.61. The maximum Gasteiger partial charge on any atom is 0.273 e. The molecule has 0 aromatic carbocycles. The highest BCUT2D eigenvalue weighted by Gasteiger charge is 2.13. The van der Waals surface area contributed by atoms with Gasteiger partial charge in [-0.2, -0.15) is 0 Å². The highest BCUT2D eigenvalue weighted by Crippen LogP contribution is 2.16. The van der Waals surface area contributed by atoms with Gasteiger partial charge in [-0.15, -0.1) is 25.5 Å². The van der Waals surface area contributed by atoms with Crippen molar-refractivity contribution in [2.75, 3.05) is 0 Å². The second-order valence-corrected chi connectivity index (χ2v) is 10.6. The zero-order chi connectivity index (χ0) is 24.4. The molecule has 0 bridgehead atoms. The molecule has 1 amide bonds. The molecule has 33 heavy (non-hydrogen) atoms. The van der Waals surface area contributed by atoms with Crippen LogP contribution in [0.1, 0.15) is 45.7 Å². The highest BCUT2D eigenvalue weighted by molar-refractivity contribution is 9.11. The van der Waals surface area contributed by atoms with E-state index in [0.717, 1.165) is 26.0 Å². The van der Waals surface area contributed by atoms with E-state index in [0.29, 0.717) is 22.0 Å². The van der Waals surface area contributed by atoms with Crippen molar-refractivity contribution in [1.82, 2.24) is 45.7 Å². The largest absolute Gasteiger partial charge is 0.344 e. The monoisotopic (exact) mass is 616 g/mol. The first-order valence-electron chi connectivity index (χ1n) is 9.66. The number of nitrogens with zero attached hydrogens (tertiary/aromatic N) is 8. The lowest BCUT2D eigenvalue weighted by Gasteiger charge is -2.04. The zero-order valence-electron chi connectivity index (χ0n) is 18.3. The van der Waals surface area contributed by atoms with Gasteiger partial charge in [0.25, 0.3) is 5.91 Å². The first-order chi connectivity index (χ1) is 15.9. The van der Waals surface area contributed by atoms with Crippen molar-refractivity contribution < 1.29 is 4.79 Å². The standard InChI is InChI=1S/C13H12BrN7OS.C3H4BrN3S.C2H6/c1-7-3-4-10(8(2)16-7)21-6-9(17-20-21)12(22)15-5-11-18-19-13(14)23-11;4-3-7-6-2(1-5)8-3;1-2/h3-4,6H,5H2,1-2H3,(H,15,22);1,5H2;1-2H3. The Morgan fingerprint density at radius 3 is 2.18 bits per heavy atom. The minimum absolute atomic E-state index is 0.230. The van der Waals surface area contributed by atoms with Gasteiger partial charge in [-0.1, -0.05) is 41.7 Å². The van der Waals surface area contributed by atoms with E-state index < -0.39 is 0 Å². The Morgan fingerprint density at radius 1 is 1.03 bits per heavy atom. The van der Waals surface area contributed by atoms with Gasteiger partial charge >= 0.3 is 0 Å². The summed E-state index contributed by atoms with van der Waals surface area (Å²) in [4.78, 5) is 16.5. The summed E-state index contributed by atoms with van der Waals surface area (Å²) in [7, 11) is 0. The molecule has 0 aliphatic carbocycles. The minimum atomic E-state index is -0.319. The van der Waals surface area contributed by atoms with Crippen molar-refractivity contribution in [2.24, 2.45) is 5.73 Å². The maximum absolute atomic E-state index is 12.1. The van der Waals surface area contributed by atoms with Gasteiger partial charge in [0.05, 0.1) is 24.1 Å². The van der Waals surface area contributed by atoms with Crippen molar-refractivity contribution in [3.63, 3.8) is 0 Å². The summed E-state index contributed by atoms with van der Waals surface area (Å²) in [5.74, 6) is -0.319. The molecule has 15 heteroatoms. The van der Waals surface area contributed by atoms with Crippen LogP contribution in [0.15, 0.2) is 26.2 Å². The van der Waals surface area contributed by atoms with E-state index in [2.05, 4.69) is 72.9 Å². The van der Waals surface area contributed by atoms with Gasteiger partial charge in [0.1, 0.15) is 10.0 Å². The number of pyridine rings is 1. The lowest BCUT2D eigenvalue weighted by atomic mass is 10.3. The maximum atomic E-state index is 12.1. The summed E-state index contributed by atoms with van der Waals surface area (Å²) >= 11 is 9.21. The Hall–Kier alpha value is -2.20. The number of rotatable bonds is 5. The van der Waals surface area contributed by atoms with Crippen molar-refractivity contribution in [3.05, 3.63) is 53.3 Å². The lowest BCUT2D eigenvalue weighted by molar-refractivity contribution is 0.0945. The molecule has 4 rings (SSSR count). The first-order valence-corrected chi connectivity index (χ1v) is 12.9. The Balaban J connectivity index is 0.000000323. The van der Waals surface area contributed by atoms with E-state index in [1.165, 1.54) is 27.4 Å². The predicted molar refractivity (Wildman–Crippen MR) is 134 cm³/mol. The van der Waals surface area contributed by atoms with E-state index >= 15 is 0 Å². The van der Waals surface area contributed by atoms with Gasteiger partial charge in [0.2, 0.25) is 0 Å². The summed E-state index contributed by atoms with van der Waals surface area (Å²) in [6.07, 6.45) is 1.57. The fourth-order valence-electron chi connectivity index (χ4n) is 2.27. The minimum Gasteiger partial charge on any atom is -0.344 e. The molecule has 4 heterocycles. The van der Waals surface area contributed by atoms with Crippen LogP contribution in [-0.2, 0) is 13.1 Å². The second-order valence-electron chi connectivity index (χ2n) is 5.89. The summed E-state index contributed by atoms with van der Waals surface area (Å²) in [5, 5.41) is 27.3. The van der Waals surface area contributed by atoms with Crippen LogP contribution in [0.2, 0.25) is 0 Å². The number of halogens is 2. The summed E-state index contributed by atoms with van der Waals surface area (Å²) < 4.78 is 3.01. The Kier molecular flexibility index (Phi) is 11.1. The van der Waals surface area contributed by atoms with Crippen LogP contribution in [0, 0.1) is 13.8 Å². The SMILES string of the molecule is CC.Cc1ccc(-n2cc(C(=O)NCc3nnc(Br)s3)nn2)c(C)n1.NCc1nnc(Br)s1. The number of aromatic nitrogens is 8. The molecule has 11 nitrogen and oxygen atoms in total. The van der Waals surface area contributed by atoms with Crippen LogP contribution in [0.4, 0.5) is 0 Å². The molecule has 0 aliphatic heterocycles. The quantitative estimate of drug-likeness (QED) is 0.342. The normalized spacial score (nSPS) is 10.0. The van der Waals surface area contributed by atoms with E-state index in [-0.39, 0.29) is 11.6 Å². The second kappa shape index (κ2) is 13.5. The molecule has 4 aromatic rings. The van der Waals surface area contributed by atoms with Crippen LogP contribution in [0.25, 0.3) is 5.69 Å². The Bertz CT molecular complexity index is 1180. The van der Waals surface area contributed by atoms with Crippen molar-refractivity contribution in [2.45, 2.75) is 40.8 Å². The third kappa shape index (κ3) is 8.26. The Labute approximate surface area is 215 Å². The molecule has 0 saturated heterocycles. The van der Waals surface area contributed by atoms with Crippen molar-refractivity contribution in [3.8, 4) is 5.69 Å². The summed E-state index contributed by atoms with van der Waals surface area (Å²) in [6.45, 7) is 8.57. The van der Waals surface area contributed by atoms with Gasteiger partial charge in [-0.05, 0) is 57.8 Å². The number of hydrogen-bond acceptors (Lipinski definition) is 11. The number of aryl methyl sites for hydroxylation is 2. The zero-order valence-corrected chi connectivity index (χ0v) is 23.1. The van der Waals surface area contributed by atoms with Crippen molar-refractivity contribution in [1.29, 1.82) is 0 Å². The number of carbonyl (C=O) groups excluding carboxylic acids is 1. The molecule has 3 N–H and O–H groups in total. The topological polar surface area (TPSA) is 150 Å². The van der Waals surface area contributed by atoms with Gasteiger partial charge < -0.3 is 11.1 Å². The molecule has 0 spiro atoms. The van der Waals surface area contributed by atoms with Crippen molar-refractivity contribution >= 4 is 60.4 Å². The molecular weight excluding hydrogens is 596 g/mol. The average Bonchev–Trinajstić information content (AvgIpc) is 3.55. The molecule has 176 valence electrons. The Morgan fingerprint density at radius 2 is 1.67 bits per heavy atom. The van der Waals surface area contributed by atoms with Gasteiger partial charge in [0.15, 0.2) is 13.5 Å². The molecule has 0 unspecified atom stereocenters. The van der Waals surface area contributed by atoms with E-state index in [9.17, 15) is 4.79 Å². The van der Waals surface area contributed by atoms with E-state index in [4.69, 9.17) is 5.73 Å². The number of carbonyl (C=O) groups is 1. The molecule has 0 radical (unpaired) electrons. The molecule has 0 atom stereocenters. The van der Waals surface area contributed by atoms with E-state index in [1.807, 2.05) is 39.8 Å². The fraction of sp³-hybridized carbons (Fsp3) is 0.333. The number of nitrogens with two attached hydrogens (primary N) is 1. The molecule has 0 fully saturated rings. The third-order valence-corrected chi connectivity index (χ3v) is 6.36.